The monoisotopic (exact) mass is 328 g/mol. The van der Waals surface area contributed by atoms with Crippen LogP contribution in [0.15, 0.2) is 48.5 Å². The SMILES string of the molecule is Nc1cccc(-c2nc(Cc3ccccc3F)sc2C(=O)O)c1. The first-order valence-electron chi connectivity index (χ1n) is 6.87. The topological polar surface area (TPSA) is 76.2 Å². The summed E-state index contributed by atoms with van der Waals surface area (Å²) in [6, 6.07) is 13.3. The fourth-order valence-electron chi connectivity index (χ4n) is 2.27. The lowest BCUT2D eigenvalue weighted by atomic mass is 10.1. The number of hydrogen-bond acceptors (Lipinski definition) is 4. The van der Waals surface area contributed by atoms with Crippen LogP contribution in [-0.2, 0) is 6.42 Å². The highest BCUT2D eigenvalue weighted by Crippen LogP contribution is 2.30. The van der Waals surface area contributed by atoms with Crippen LogP contribution in [0.4, 0.5) is 10.1 Å². The number of carboxylic acids is 1. The molecule has 6 heteroatoms. The number of rotatable bonds is 4. The fraction of sp³-hybridized carbons (Fsp3) is 0.0588. The van der Waals surface area contributed by atoms with E-state index in [2.05, 4.69) is 4.98 Å². The Labute approximate surface area is 136 Å². The zero-order valence-corrected chi connectivity index (χ0v) is 12.8. The molecule has 0 bridgehead atoms. The normalized spacial score (nSPS) is 10.7. The molecule has 4 nitrogen and oxygen atoms in total. The van der Waals surface area contributed by atoms with E-state index in [0.29, 0.717) is 27.5 Å². The van der Waals surface area contributed by atoms with Gasteiger partial charge in [0.15, 0.2) is 0 Å². The fourth-order valence-corrected chi connectivity index (χ4v) is 3.22. The van der Waals surface area contributed by atoms with Crippen molar-refractivity contribution in [3.05, 3.63) is 69.8 Å². The van der Waals surface area contributed by atoms with Gasteiger partial charge in [-0.1, -0.05) is 30.3 Å². The van der Waals surface area contributed by atoms with Crippen LogP contribution in [0, 0.1) is 5.82 Å². The van der Waals surface area contributed by atoms with Crippen molar-refractivity contribution in [3.63, 3.8) is 0 Å². The highest BCUT2D eigenvalue weighted by Gasteiger charge is 2.19. The lowest BCUT2D eigenvalue weighted by molar-refractivity contribution is 0.0702. The number of nitrogen functional groups attached to an aromatic ring is 1. The predicted octanol–water partition coefficient (Wildman–Crippen LogP) is 3.82. The molecule has 0 saturated carbocycles. The van der Waals surface area contributed by atoms with Crippen LogP contribution in [0.25, 0.3) is 11.3 Å². The summed E-state index contributed by atoms with van der Waals surface area (Å²) in [6.07, 6.45) is 0.250. The van der Waals surface area contributed by atoms with E-state index in [9.17, 15) is 14.3 Å². The number of aromatic carboxylic acids is 1. The van der Waals surface area contributed by atoms with Gasteiger partial charge >= 0.3 is 5.97 Å². The van der Waals surface area contributed by atoms with Gasteiger partial charge in [0.2, 0.25) is 0 Å². The molecule has 23 heavy (non-hydrogen) atoms. The summed E-state index contributed by atoms with van der Waals surface area (Å²) in [5, 5.41) is 9.94. The minimum Gasteiger partial charge on any atom is -0.477 e. The number of aromatic nitrogens is 1. The molecule has 1 heterocycles. The van der Waals surface area contributed by atoms with Gasteiger partial charge in [-0.25, -0.2) is 14.2 Å². The Morgan fingerprint density at radius 3 is 2.70 bits per heavy atom. The van der Waals surface area contributed by atoms with Crippen LogP contribution < -0.4 is 5.73 Å². The Morgan fingerprint density at radius 2 is 2.00 bits per heavy atom. The Balaban J connectivity index is 2.03. The molecule has 3 N–H and O–H groups in total. The maximum Gasteiger partial charge on any atom is 0.348 e. The van der Waals surface area contributed by atoms with Crippen LogP contribution in [0.5, 0.6) is 0 Å². The van der Waals surface area contributed by atoms with E-state index in [0.717, 1.165) is 11.3 Å². The predicted molar refractivity (Wildman–Crippen MR) is 88.1 cm³/mol. The van der Waals surface area contributed by atoms with Gasteiger partial charge in [-0.3, -0.25) is 0 Å². The second-order valence-corrected chi connectivity index (χ2v) is 6.07. The Bertz CT molecular complexity index is 877. The molecule has 0 amide bonds. The molecule has 0 spiro atoms. The van der Waals surface area contributed by atoms with Crippen molar-refractivity contribution in [3.8, 4) is 11.3 Å². The number of nitrogens with zero attached hydrogens (tertiary/aromatic N) is 1. The first kappa shape index (κ1) is 15.2. The molecular weight excluding hydrogens is 315 g/mol. The molecule has 0 atom stereocenters. The van der Waals surface area contributed by atoms with Gasteiger partial charge in [0.05, 0.1) is 10.7 Å². The van der Waals surface area contributed by atoms with Crippen LogP contribution in [0.1, 0.15) is 20.2 Å². The van der Waals surface area contributed by atoms with Gasteiger partial charge in [-0.15, -0.1) is 11.3 Å². The van der Waals surface area contributed by atoms with Gasteiger partial charge in [-0.05, 0) is 23.8 Å². The zero-order chi connectivity index (χ0) is 16.4. The van der Waals surface area contributed by atoms with E-state index in [1.54, 1.807) is 42.5 Å². The second kappa shape index (κ2) is 6.18. The van der Waals surface area contributed by atoms with Gasteiger partial charge in [0.25, 0.3) is 0 Å². The maximum absolute atomic E-state index is 13.8. The van der Waals surface area contributed by atoms with E-state index in [1.165, 1.54) is 6.07 Å². The first-order valence-corrected chi connectivity index (χ1v) is 7.68. The summed E-state index contributed by atoms with van der Waals surface area (Å²) in [4.78, 5) is 16.0. The molecule has 3 aromatic rings. The third kappa shape index (κ3) is 3.22. The third-order valence-corrected chi connectivity index (χ3v) is 4.37. The van der Waals surface area contributed by atoms with Crippen LogP contribution in [0.2, 0.25) is 0 Å². The van der Waals surface area contributed by atoms with Crippen molar-refractivity contribution in [1.82, 2.24) is 4.98 Å². The third-order valence-electron chi connectivity index (χ3n) is 3.33. The molecule has 0 aliphatic rings. The maximum atomic E-state index is 13.8. The average Bonchev–Trinajstić information content (AvgIpc) is 2.94. The quantitative estimate of drug-likeness (QED) is 0.714. The molecule has 0 radical (unpaired) electrons. The highest BCUT2D eigenvalue weighted by molar-refractivity contribution is 7.14. The molecule has 0 fully saturated rings. The molecule has 0 aliphatic carbocycles. The number of carbonyl (C=O) groups is 1. The molecule has 116 valence electrons. The van der Waals surface area contributed by atoms with Crippen LogP contribution in [-0.4, -0.2) is 16.1 Å². The highest BCUT2D eigenvalue weighted by atomic mass is 32.1. The number of anilines is 1. The van der Waals surface area contributed by atoms with Crippen LogP contribution in [0.3, 0.4) is 0 Å². The second-order valence-electron chi connectivity index (χ2n) is 4.98. The van der Waals surface area contributed by atoms with Gasteiger partial charge < -0.3 is 10.8 Å². The number of benzene rings is 2. The minimum absolute atomic E-state index is 0.127. The molecular formula is C17H13FN2O2S. The lowest BCUT2D eigenvalue weighted by Crippen LogP contribution is -1.96. The van der Waals surface area contributed by atoms with Crippen molar-refractivity contribution < 1.29 is 14.3 Å². The van der Waals surface area contributed by atoms with E-state index < -0.39 is 5.97 Å². The number of thiazole rings is 1. The van der Waals surface area contributed by atoms with Crippen molar-refractivity contribution in [2.45, 2.75) is 6.42 Å². The summed E-state index contributed by atoms with van der Waals surface area (Å²) in [5.74, 6) is -1.38. The minimum atomic E-state index is -1.06. The Kier molecular flexibility index (Phi) is 4.08. The zero-order valence-electron chi connectivity index (χ0n) is 12.0. The van der Waals surface area contributed by atoms with Gasteiger partial charge in [0.1, 0.15) is 10.7 Å². The van der Waals surface area contributed by atoms with E-state index >= 15 is 0 Å². The van der Waals surface area contributed by atoms with Gasteiger partial charge in [0, 0.05) is 17.7 Å². The van der Waals surface area contributed by atoms with Gasteiger partial charge in [-0.2, -0.15) is 0 Å². The molecule has 0 unspecified atom stereocenters. The Morgan fingerprint density at radius 1 is 1.22 bits per heavy atom. The first-order chi connectivity index (χ1) is 11.0. The van der Waals surface area contributed by atoms with Crippen LogP contribution >= 0.6 is 11.3 Å². The van der Waals surface area contributed by atoms with Crippen molar-refractivity contribution in [2.24, 2.45) is 0 Å². The number of nitrogens with two attached hydrogens (primary N) is 1. The van der Waals surface area contributed by atoms with Crippen molar-refractivity contribution in [2.75, 3.05) is 5.73 Å². The summed E-state index contributed by atoms with van der Waals surface area (Å²) < 4.78 is 13.8. The number of hydrogen-bond donors (Lipinski definition) is 2. The molecule has 0 saturated heterocycles. The summed E-state index contributed by atoms with van der Waals surface area (Å²) in [5.41, 5.74) is 7.76. The Hall–Kier alpha value is -2.73. The summed E-state index contributed by atoms with van der Waals surface area (Å²) in [6.45, 7) is 0. The molecule has 2 aromatic carbocycles. The van der Waals surface area contributed by atoms with Crippen molar-refractivity contribution >= 4 is 23.0 Å². The molecule has 1 aromatic heterocycles. The molecule has 0 aliphatic heterocycles. The number of carboxylic acid groups (broad SMARTS) is 1. The standard InChI is InChI=1S/C17H13FN2O2S/c18-13-7-2-1-4-10(13)9-14-20-15(16(23-14)17(21)22)11-5-3-6-12(19)8-11/h1-8H,9,19H2,(H,21,22). The smallest absolute Gasteiger partial charge is 0.348 e. The summed E-state index contributed by atoms with van der Waals surface area (Å²) in [7, 11) is 0. The lowest BCUT2D eigenvalue weighted by Gasteiger charge is -2.01. The number of halogens is 1. The van der Waals surface area contributed by atoms with E-state index in [4.69, 9.17) is 5.73 Å². The summed E-state index contributed by atoms with van der Waals surface area (Å²) >= 11 is 1.05. The van der Waals surface area contributed by atoms with E-state index in [-0.39, 0.29) is 17.1 Å². The largest absolute Gasteiger partial charge is 0.477 e. The van der Waals surface area contributed by atoms with E-state index in [1.807, 2.05) is 0 Å². The molecule has 3 rings (SSSR count). The average molecular weight is 328 g/mol. The van der Waals surface area contributed by atoms with Crippen molar-refractivity contribution in [1.29, 1.82) is 0 Å².